The summed E-state index contributed by atoms with van der Waals surface area (Å²) in [5.74, 6) is -2.25. The Morgan fingerprint density at radius 1 is 1.37 bits per heavy atom. The largest absolute Gasteiger partial charge is 0.350 e. The van der Waals surface area contributed by atoms with Crippen LogP contribution in [0.4, 0.5) is 8.78 Å². The first-order valence-electron chi connectivity index (χ1n) is 9.00. The van der Waals surface area contributed by atoms with Gasteiger partial charge in [-0.2, -0.15) is 8.78 Å². The van der Waals surface area contributed by atoms with Crippen LogP contribution >= 0.6 is 23.1 Å². The van der Waals surface area contributed by atoms with Gasteiger partial charge in [0.15, 0.2) is 0 Å². The van der Waals surface area contributed by atoms with Gasteiger partial charge in [-0.05, 0) is 67.2 Å². The van der Waals surface area contributed by atoms with Crippen LogP contribution in [-0.2, 0) is 0 Å². The molecule has 1 amide bonds. The molecule has 0 spiro atoms. The number of pyridine rings is 1. The van der Waals surface area contributed by atoms with Crippen LogP contribution < -0.4 is 5.32 Å². The van der Waals surface area contributed by atoms with Gasteiger partial charge in [-0.25, -0.2) is 4.98 Å². The number of piperidine rings is 1. The van der Waals surface area contributed by atoms with E-state index in [0.717, 1.165) is 31.8 Å². The van der Waals surface area contributed by atoms with Gasteiger partial charge in [0, 0.05) is 17.6 Å². The highest BCUT2D eigenvalue weighted by Gasteiger charge is 2.26. The average Bonchev–Trinajstić information content (AvgIpc) is 3.17. The van der Waals surface area contributed by atoms with Gasteiger partial charge in [-0.3, -0.25) is 9.69 Å². The third kappa shape index (κ3) is 5.49. The molecule has 1 saturated heterocycles. The molecule has 0 aromatic carbocycles. The van der Waals surface area contributed by atoms with Gasteiger partial charge in [0.05, 0.1) is 11.6 Å². The number of nitrogens with zero attached hydrogens (tertiary/aromatic N) is 2. The normalized spacial score (nSPS) is 17.2. The van der Waals surface area contributed by atoms with Crippen LogP contribution in [0, 0.1) is 5.92 Å². The van der Waals surface area contributed by atoms with E-state index in [0.29, 0.717) is 18.3 Å². The Morgan fingerprint density at radius 3 is 2.81 bits per heavy atom. The maximum absolute atomic E-state index is 12.7. The summed E-state index contributed by atoms with van der Waals surface area (Å²) in [7, 11) is 0. The van der Waals surface area contributed by atoms with Crippen molar-refractivity contribution >= 4 is 29.0 Å². The van der Waals surface area contributed by atoms with Crippen LogP contribution in [0.3, 0.4) is 0 Å². The van der Waals surface area contributed by atoms with Crippen molar-refractivity contribution in [3.05, 3.63) is 46.3 Å². The number of aromatic nitrogens is 1. The Bertz CT molecular complexity index is 734. The lowest BCUT2D eigenvalue weighted by atomic mass is 9.97. The molecule has 0 aliphatic carbocycles. The van der Waals surface area contributed by atoms with Gasteiger partial charge in [0.1, 0.15) is 5.03 Å². The molecule has 8 heteroatoms. The smallest absolute Gasteiger partial charge is 0.290 e. The summed E-state index contributed by atoms with van der Waals surface area (Å²) in [6.45, 7) is 4.71. The molecule has 0 bridgehead atoms. The second kappa shape index (κ2) is 9.61. The fourth-order valence-electron chi connectivity index (χ4n) is 3.26. The van der Waals surface area contributed by atoms with E-state index >= 15 is 0 Å². The van der Waals surface area contributed by atoms with Crippen molar-refractivity contribution in [2.45, 2.75) is 36.6 Å². The summed E-state index contributed by atoms with van der Waals surface area (Å²) in [4.78, 5) is 20.2. The highest BCUT2D eigenvalue weighted by atomic mass is 32.2. The minimum absolute atomic E-state index is 0.0597. The molecular formula is C19H23F2N3OS2. The van der Waals surface area contributed by atoms with E-state index < -0.39 is 5.76 Å². The lowest BCUT2D eigenvalue weighted by Gasteiger charge is -2.36. The van der Waals surface area contributed by atoms with Crippen LogP contribution in [0.5, 0.6) is 0 Å². The summed E-state index contributed by atoms with van der Waals surface area (Å²) >= 11 is 1.98. The van der Waals surface area contributed by atoms with Crippen LogP contribution in [0.15, 0.2) is 40.9 Å². The number of thiophene rings is 1. The lowest BCUT2D eigenvalue weighted by Crippen LogP contribution is -2.41. The Labute approximate surface area is 166 Å². The summed E-state index contributed by atoms with van der Waals surface area (Å²) < 4.78 is 25.4. The zero-order chi connectivity index (χ0) is 19.2. The molecule has 1 atom stereocenters. The zero-order valence-corrected chi connectivity index (χ0v) is 16.7. The number of alkyl halides is 2. The summed E-state index contributed by atoms with van der Waals surface area (Å²) in [5, 5.41) is 5.03. The van der Waals surface area contributed by atoms with E-state index in [-0.39, 0.29) is 22.5 Å². The molecule has 0 radical (unpaired) electrons. The van der Waals surface area contributed by atoms with Crippen molar-refractivity contribution in [2.24, 2.45) is 5.92 Å². The number of nitrogens with one attached hydrogen (secondary N) is 1. The Hall–Kier alpha value is -1.51. The fourth-order valence-corrected chi connectivity index (χ4v) is 4.70. The van der Waals surface area contributed by atoms with Crippen molar-refractivity contribution < 1.29 is 13.6 Å². The summed E-state index contributed by atoms with van der Waals surface area (Å²) in [5.41, 5.74) is 0.194. The standard InChI is InChI=1S/C19H23F2N3OS2/c1-13-6-9-24(10-7-13)15(16-5-3-11-26-16)12-23-17(25)14-4-2-8-22-18(14)27-19(20)21/h2-5,8,11,13,15,19H,6-7,9-10,12H2,1H3,(H,23,25). The van der Waals surface area contributed by atoms with Crippen molar-refractivity contribution in [1.29, 1.82) is 0 Å². The summed E-state index contributed by atoms with van der Waals surface area (Å²) in [6, 6.07) is 7.33. The first kappa shape index (κ1) is 20.2. The van der Waals surface area contributed by atoms with Gasteiger partial charge in [-0.1, -0.05) is 13.0 Å². The SMILES string of the molecule is CC1CCN(C(CNC(=O)c2cccnc2SC(F)F)c2cccs2)CC1. The average molecular weight is 412 g/mol. The molecule has 4 nitrogen and oxygen atoms in total. The molecule has 1 aliphatic heterocycles. The number of likely N-dealkylation sites (tertiary alicyclic amines) is 1. The summed E-state index contributed by atoms with van der Waals surface area (Å²) in [6.07, 6.45) is 3.71. The van der Waals surface area contributed by atoms with Crippen LogP contribution in [0.2, 0.25) is 0 Å². The predicted octanol–water partition coefficient (Wildman–Crippen LogP) is 4.66. The molecule has 146 valence electrons. The number of rotatable bonds is 7. The fraction of sp³-hybridized carbons (Fsp3) is 0.474. The molecule has 3 rings (SSSR count). The van der Waals surface area contributed by atoms with Crippen molar-refractivity contribution in [3.8, 4) is 0 Å². The number of hydrogen-bond acceptors (Lipinski definition) is 5. The molecule has 3 heterocycles. The number of carbonyl (C=O) groups excluding carboxylic acids is 1. The molecule has 27 heavy (non-hydrogen) atoms. The molecule has 1 unspecified atom stereocenters. The van der Waals surface area contributed by atoms with Crippen molar-refractivity contribution in [3.63, 3.8) is 0 Å². The van der Waals surface area contributed by atoms with E-state index in [2.05, 4.69) is 28.2 Å². The number of halogens is 2. The van der Waals surface area contributed by atoms with Gasteiger partial charge in [-0.15, -0.1) is 11.3 Å². The molecule has 2 aromatic heterocycles. The van der Waals surface area contributed by atoms with Crippen molar-refractivity contribution in [1.82, 2.24) is 15.2 Å². The Kier molecular flexibility index (Phi) is 7.20. The van der Waals surface area contributed by atoms with Crippen LogP contribution in [0.1, 0.15) is 41.0 Å². The van der Waals surface area contributed by atoms with Gasteiger partial charge >= 0.3 is 0 Å². The van der Waals surface area contributed by atoms with Crippen LogP contribution in [0.25, 0.3) is 0 Å². The Morgan fingerprint density at radius 2 is 2.15 bits per heavy atom. The third-order valence-corrected chi connectivity index (χ3v) is 6.50. The highest BCUT2D eigenvalue weighted by Crippen LogP contribution is 2.30. The lowest BCUT2D eigenvalue weighted by molar-refractivity contribution is 0.0911. The number of amides is 1. The molecule has 1 aliphatic rings. The third-order valence-electron chi connectivity index (χ3n) is 4.80. The maximum Gasteiger partial charge on any atom is 0.290 e. The second-order valence-corrected chi connectivity index (χ2v) is 8.65. The number of thioether (sulfide) groups is 1. The second-order valence-electron chi connectivity index (χ2n) is 6.69. The van der Waals surface area contributed by atoms with E-state index in [9.17, 15) is 13.6 Å². The van der Waals surface area contributed by atoms with E-state index in [1.165, 1.54) is 17.1 Å². The zero-order valence-electron chi connectivity index (χ0n) is 15.1. The minimum Gasteiger partial charge on any atom is -0.350 e. The van der Waals surface area contributed by atoms with Gasteiger partial charge in [0.25, 0.3) is 11.7 Å². The van der Waals surface area contributed by atoms with E-state index in [4.69, 9.17) is 0 Å². The highest BCUT2D eigenvalue weighted by molar-refractivity contribution is 7.99. The monoisotopic (exact) mass is 411 g/mol. The van der Waals surface area contributed by atoms with Gasteiger partial charge in [0.2, 0.25) is 0 Å². The molecule has 0 saturated carbocycles. The topological polar surface area (TPSA) is 45.2 Å². The number of carbonyl (C=O) groups is 1. The quantitative estimate of drug-likeness (QED) is 0.673. The molecule has 1 N–H and O–H groups in total. The van der Waals surface area contributed by atoms with Crippen molar-refractivity contribution in [2.75, 3.05) is 19.6 Å². The molecular weight excluding hydrogens is 388 g/mol. The molecule has 2 aromatic rings. The molecule has 1 fully saturated rings. The predicted molar refractivity (Wildman–Crippen MR) is 105 cm³/mol. The maximum atomic E-state index is 12.7. The van der Waals surface area contributed by atoms with Crippen LogP contribution in [-0.4, -0.2) is 41.2 Å². The first-order chi connectivity index (χ1) is 13.0. The van der Waals surface area contributed by atoms with E-state index in [1.54, 1.807) is 17.4 Å². The Balaban J connectivity index is 1.69. The minimum atomic E-state index is -2.61. The number of hydrogen-bond donors (Lipinski definition) is 1. The van der Waals surface area contributed by atoms with E-state index in [1.807, 2.05) is 11.4 Å². The van der Waals surface area contributed by atoms with Gasteiger partial charge < -0.3 is 5.32 Å². The first-order valence-corrected chi connectivity index (χ1v) is 10.8.